The first kappa shape index (κ1) is 14.9. The number of allylic oxidation sites excluding steroid dienone is 2. The minimum atomic E-state index is -4.40. The molecule has 0 atom stereocenters. The van der Waals surface area contributed by atoms with Crippen molar-refractivity contribution >= 4 is 27.1 Å². The number of benzene rings is 2. The first-order chi connectivity index (χ1) is 9.54. The standard InChI is InChI=1S/C16H12BrF3/c17-11-14(12-7-3-1-4-8-12)15(16(18,19)20)13-9-5-2-6-10-13/h1-10H,11H2/b15-14+. The SMILES string of the molecule is FC(F)(F)/C(=C(\CBr)c1ccccc1)c1ccccc1. The molecule has 0 spiro atoms. The highest BCUT2D eigenvalue weighted by Crippen LogP contribution is 2.40. The number of hydrogen-bond acceptors (Lipinski definition) is 0. The van der Waals surface area contributed by atoms with Crippen LogP contribution in [0.15, 0.2) is 60.7 Å². The van der Waals surface area contributed by atoms with Crippen LogP contribution in [0.25, 0.3) is 11.1 Å². The van der Waals surface area contributed by atoms with Gasteiger partial charge in [-0.3, -0.25) is 0 Å². The van der Waals surface area contributed by atoms with Gasteiger partial charge in [-0.2, -0.15) is 13.2 Å². The number of alkyl halides is 4. The second-order valence-corrected chi connectivity index (χ2v) is 4.78. The van der Waals surface area contributed by atoms with Crippen molar-refractivity contribution in [2.24, 2.45) is 0 Å². The van der Waals surface area contributed by atoms with Crippen LogP contribution >= 0.6 is 15.9 Å². The summed E-state index contributed by atoms with van der Waals surface area (Å²) in [7, 11) is 0. The van der Waals surface area contributed by atoms with Crippen molar-refractivity contribution < 1.29 is 13.2 Å². The molecule has 2 aromatic rings. The van der Waals surface area contributed by atoms with Gasteiger partial charge in [0, 0.05) is 5.33 Å². The summed E-state index contributed by atoms with van der Waals surface area (Å²) in [4.78, 5) is 0. The van der Waals surface area contributed by atoms with E-state index in [1.165, 1.54) is 12.1 Å². The molecule has 4 heteroatoms. The molecule has 2 rings (SSSR count). The molecule has 0 nitrogen and oxygen atoms in total. The molecule has 0 aromatic heterocycles. The van der Waals surface area contributed by atoms with Crippen molar-refractivity contribution in [3.05, 3.63) is 71.8 Å². The lowest BCUT2D eigenvalue weighted by atomic mass is 9.95. The van der Waals surface area contributed by atoms with E-state index in [-0.39, 0.29) is 16.5 Å². The number of hydrogen-bond donors (Lipinski definition) is 0. The molecule has 0 unspecified atom stereocenters. The zero-order chi connectivity index (χ0) is 14.6. The van der Waals surface area contributed by atoms with Gasteiger partial charge in [-0.25, -0.2) is 0 Å². The molecule has 0 aliphatic heterocycles. The van der Waals surface area contributed by atoms with E-state index in [0.29, 0.717) is 5.56 Å². The molecular formula is C16H12BrF3. The molecule has 0 radical (unpaired) electrons. The predicted octanol–water partition coefficient (Wildman–Crippen LogP) is 5.55. The monoisotopic (exact) mass is 340 g/mol. The average Bonchev–Trinajstić information content (AvgIpc) is 2.45. The van der Waals surface area contributed by atoms with Crippen LogP contribution in [0.5, 0.6) is 0 Å². The number of rotatable bonds is 3. The molecule has 2 aromatic carbocycles. The van der Waals surface area contributed by atoms with Gasteiger partial charge in [-0.05, 0) is 16.7 Å². The molecule has 0 N–H and O–H groups in total. The maximum Gasteiger partial charge on any atom is 0.417 e. The van der Waals surface area contributed by atoms with Crippen molar-refractivity contribution in [1.29, 1.82) is 0 Å². The molecule has 20 heavy (non-hydrogen) atoms. The van der Waals surface area contributed by atoms with E-state index < -0.39 is 11.7 Å². The summed E-state index contributed by atoms with van der Waals surface area (Å²) in [5.74, 6) is 0. The van der Waals surface area contributed by atoms with Crippen LogP contribution in [0.4, 0.5) is 13.2 Å². The summed E-state index contributed by atoms with van der Waals surface area (Å²) in [5, 5.41) is 0.140. The Hall–Kier alpha value is -1.55. The zero-order valence-corrected chi connectivity index (χ0v) is 12.1. The lowest BCUT2D eigenvalue weighted by Gasteiger charge is -2.17. The maximum atomic E-state index is 13.4. The second kappa shape index (κ2) is 6.27. The third-order valence-electron chi connectivity index (χ3n) is 2.90. The minimum absolute atomic E-state index is 0.140. The normalized spacial score (nSPS) is 13.0. The molecule has 0 saturated carbocycles. The van der Waals surface area contributed by atoms with Crippen LogP contribution in [0.3, 0.4) is 0 Å². The van der Waals surface area contributed by atoms with E-state index in [1.807, 2.05) is 0 Å². The minimum Gasteiger partial charge on any atom is -0.166 e. The highest BCUT2D eigenvalue weighted by Gasteiger charge is 2.37. The molecule has 0 amide bonds. The smallest absolute Gasteiger partial charge is 0.166 e. The third-order valence-corrected chi connectivity index (χ3v) is 3.46. The van der Waals surface area contributed by atoms with Crippen molar-refractivity contribution in [1.82, 2.24) is 0 Å². The van der Waals surface area contributed by atoms with Crippen LogP contribution in [0.2, 0.25) is 0 Å². The maximum absolute atomic E-state index is 13.4. The van der Waals surface area contributed by atoms with Gasteiger partial charge in [0.1, 0.15) is 0 Å². The van der Waals surface area contributed by atoms with E-state index in [0.717, 1.165) is 0 Å². The van der Waals surface area contributed by atoms with Gasteiger partial charge in [0.05, 0.1) is 5.57 Å². The van der Waals surface area contributed by atoms with Crippen LogP contribution in [-0.2, 0) is 0 Å². The fourth-order valence-electron chi connectivity index (χ4n) is 2.04. The summed E-state index contributed by atoms with van der Waals surface area (Å²) in [6, 6.07) is 16.5. The zero-order valence-electron chi connectivity index (χ0n) is 10.5. The Kier molecular flexibility index (Phi) is 4.65. The van der Waals surface area contributed by atoms with Crippen LogP contribution in [0, 0.1) is 0 Å². The van der Waals surface area contributed by atoms with E-state index in [4.69, 9.17) is 0 Å². The highest BCUT2D eigenvalue weighted by molar-refractivity contribution is 9.09. The molecule has 0 aliphatic rings. The Morgan fingerprint density at radius 3 is 1.65 bits per heavy atom. The van der Waals surface area contributed by atoms with E-state index in [2.05, 4.69) is 15.9 Å². The second-order valence-electron chi connectivity index (χ2n) is 4.22. The van der Waals surface area contributed by atoms with Crippen molar-refractivity contribution in [3.63, 3.8) is 0 Å². The summed E-state index contributed by atoms with van der Waals surface area (Å²) >= 11 is 3.19. The Bertz CT molecular complexity index is 586. The van der Waals surface area contributed by atoms with Crippen molar-refractivity contribution in [2.75, 3.05) is 5.33 Å². The lowest BCUT2D eigenvalue weighted by molar-refractivity contribution is -0.0685. The van der Waals surface area contributed by atoms with Crippen molar-refractivity contribution in [2.45, 2.75) is 6.18 Å². The molecule has 0 heterocycles. The summed E-state index contributed by atoms with van der Waals surface area (Å²) in [5.41, 5.74) is 0.393. The molecule has 0 fully saturated rings. The van der Waals surface area contributed by atoms with E-state index >= 15 is 0 Å². The first-order valence-electron chi connectivity index (χ1n) is 6.01. The summed E-state index contributed by atoms with van der Waals surface area (Å²) in [6.45, 7) is 0. The van der Waals surface area contributed by atoms with Gasteiger partial charge in [-0.1, -0.05) is 76.6 Å². The van der Waals surface area contributed by atoms with Gasteiger partial charge in [-0.15, -0.1) is 0 Å². The van der Waals surface area contributed by atoms with Gasteiger partial charge in [0.2, 0.25) is 0 Å². The summed E-state index contributed by atoms with van der Waals surface area (Å²) in [6.07, 6.45) is -4.40. The van der Waals surface area contributed by atoms with E-state index in [1.54, 1.807) is 48.5 Å². The first-order valence-corrected chi connectivity index (χ1v) is 7.13. The molecule has 0 aliphatic carbocycles. The highest BCUT2D eigenvalue weighted by atomic mass is 79.9. The number of halogens is 4. The Labute approximate surface area is 124 Å². The van der Waals surface area contributed by atoms with Gasteiger partial charge in [0.25, 0.3) is 0 Å². The Morgan fingerprint density at radius 2 is 1.25 bits per heavy atom. The molecule has 104 valence electrons. The van der Waals surface area contributed by atoms with Gasteiger partial charge in [0.15, 0.2) is 0 Å². The average molecular weight is 341 g/mol. The topological polar surface area (TPSA) is 0 Å². The van der Waals surface area contributed by atoms with Crippen LogP contribution in [0.1, 0.15) is 11.1 Å². The summed E-state index contributed by atoms with van der Waals surface area (Å²) < 4.78 is 40.3. The quantitative estimate of drug-likeness (QED) is 0.507. The fraction of sp³-hybridized carbons (Fsp3) is 0.125. The molecule has 0 bridgehead atoms. The van der Waals surface area contributed by atoms with Crippen LogP contribution < -0.4 is 0 Å². The largest absolute Gasteiger partial charge is 0.417 e. The van der Waals surface area contributed by atoms with Crippen LogP contribution in [-0.4, -0.2) is 11.5 Å². The fourth-order valence-corrected chi connectivity index (χ4v) is 2.65. The lowest BCUT2D eigenvalue weighted by Crippen LogP contribution is -2.13. The molecular weight excluding hydrogens is 329 g/mol. The predicted molar refractivity (Wildman–Crippen MR) is 79.5 cm³/mol. The Balaban J connectivity index is 2.69. The third kappa shape index (κ3) is 3.31. The van der Waals surface area contributed by atoms with E-state index in [9.17, 15) is 13.2 Å². The van der Waals surface area contributed by atoms with Gasteiger partial charge >= 0.3 is 6.18 Å². The Morgan fingerprint density at radius 1 is 0.800 bits per heavy atom. The van der Waals surface area contributed by atoms with Crippen molar-refractivity contribution in [3.8, 4) is 0 Å². The molecule has 0 saturated heterocycles. The van der Waals surface area contributed by atoms with Gasteiger partial charge < -0.3 is 0 Å².